The fourth-order valence-corrected chi connectivity index (χ4v) is 1.91. The van der Waals surface area contributed by atoms with Gasteiger partial charge in [-0.25, -0.2) is 19.4 Å². The number of hydrogen-bond acceptors (Lipinski definition) is 5. The molecule has 0 aromatic carbocycles. The molecule has 7 nitrogen and oxygen atoms in total. The molecule has 0 unspecified atom stereocenters. The average molecular weight is 296 g/mol. The van der Waals surface area contributed by atoms with Crippen LogP contribution in [0.3, 0.4) is 0 Å². The number of rotatable bonds is 5. The molecule has 0 atom stereocenters. The van der Waals surface area contributed by atoms with Crippen molar-refractivity contribution in [2.24, 2.45) is 0 Å². The number of halogens is 1. The van der Waals surface area contributed by atoms with Gasteiger partial charge in [0.15, 0.2) is 0 Å². The number of aromatic carboxylic acids is 1. The molecule has 20 heavy (non-hydrogen) atoms. The second kappa shape index (κ2) is 5.87. The van der Waals surface area contributed by atoms with Crippen LogP contribution in [0.5, 0.6) is 0 Å². The molecule has 0 bridgehead atoms. The molecule has 8 heteroatoms. The average Bonchev–Trinajstić information content (AvgIpc) is 2.85. The van der Waals surface area contributed by atoms with E-state index in [1.165, 1.54) is 18.6 Å². The van der Waals surface area contributed by atoms with Crippen molar-refractivity contribution in [2.75, 3.05) is 5.32 Å². The lowest BCUT2D eigenvalue weighted by molar-refractivity contribution is 0.0696. The first kappa shape index (κ1) is 14.3. The summed E-state index contributed by atoms with van der Waals surface area (Å²) in [6, 6.07) is 1.55. The predicted molar refractivity (Wildman–Crippen MR) is 73.9 cm³/mol. The zero-order valence-electron chi connectivity index (χ0n) is 11.0. The lowest BCUT2D eigenvalue weighted by atomic mass is 10.3. The van der Waals surface area contributed by atoms with Crippen molar-refractivity contribution in [3.63, 3.8) is 0 Å². The van der Waals surface area contributed by atoms with E-state index >= 15 is 0 Å². The molecular formula is C12H14ClN5O2. The molecule has 106 valence electrons. The lowest BCUT2D eigenvalue weighted by Crippen LogP contribution is -2.13. The van der Waals surface area contributed by atoms with Gasteiger partial charge in [0.2, 0.25) is 0 Å². The summed E-state index contributed by atoms with van der Waals surface area (Å²) >= 11 is 5.98. The Hall–Kier alpha value is -2.15. The van der Waals surface area contributed by atoms with Gasteiger partial charge in [0.05, 0.1) is 17.1 Å². The molecule has 0 aliphatic heterocycles. The van der Waals surface area contributed by atoms with Crippen LogP contribution < -0.4 is 5.32 Å². The van der Waals surface area contributed by atoms with Gasteiger partial charge in [-0.2, -0.15) is 5.10 Å². The normalized spacial score (nSPS) is 10.8. The van der Waals surface area contributed by atoms with Crippen molar-refractivity contribution in [1.29, 1.82) is 0 Å². The van der Waals surface area contributed by atoms with E-state index in [0.717, 1.165) is 5.82 Å². The molecule has 2 rings (SSSR count). The second-order valence-corrected chi connectivity index (χ2v) is 4.83. The third kappa shape index (κ3) is 3.05. The Kier molecular flexibility index (Phi) is 4.19. The third-order valence-electron chi connectivity index (χ3n) is 2.64. The summed E-state index contributed by atoms with van der Waals surface area (Å²) in [7, 11) is 0. The van der Waals surface area contributed by atoms with Crippen LogP contribution >= 0.6 is 11.6 Å². The van der Waals surface area contributed by atoms with Crippen molar-refractivity contribution >= 4 is 23.4 Å². The minimum Gasteiger partial charge on any atom is -0.478 e. The number of aromatic nitrogens is 4. The smallest absolute Gasteiger partial charge is 0.337 e. The first-order valence-electron chi connectivity index (χ1n) is 6.00. The Balaban J connectivity index is 2.11. The second-order valence-electron chi connectivity index (χ2n) is 4.43. The number of carboxylic acid groups (broad SMARTS) is 1. The van der Waals surface area contributed by atoms with Crippen LogP contribution in [0.4, 0.5) is 5.82 Å². The van der Waals surface area contributed by atoms with Crippen LogP contribution in [0, 0.1) is 0 Å². The number of nitrogens with one attached hydrogen (secondary N) is 1. The topological polar surface area (TPSA) is 92.9 Å². The van der Waals surface area contributed by atoms with Gasteiger partial charge >= 0.3 is 5.97 Å². The highest BCUT2D eigenvalue weighted by Crippen LogP contribution is 2.20. The van der Waals surface area contributed by atoms with E-state index in [-0.39, 0.29) is 16.6 Å². The van der Waals surface area contributed by atoms with E-state index in [0.29, 0.717) is 12.4 Å². The summed E-state index contributed by atoms with van der Waals surface area (Å²) in [5.41, 5.74) is 0.0471. The van der Waals surface area contributed by atoms with Crippen molar-refractivity contribution in [3.05, 3.63) is 35.0 Å². The van der Waals surface area contributed by atoms with Crippen LogP contribution in [0.2, 0.25) is 5.02 Å². The first-order chi connectivity index (χ1) is 9.49. The molecule has 0 aliphatic carbocycles. The van der Waals surface area contributed by atoms with Gasteiger partial charge in [-0.1, -0.05) is 11.6 Å². The summed E-state index contributed by atoms with van der Waals surface area (Å²) in [5, 5.41) is 16.2. The van der Waals surface area contributed by atoms with Gasteiger partial charge in [0.25, 0.3) is 0 Å². The van der Waals surface area contributed by atoms with Crippen molar-refractivity contribution in [3.8, 4) is 0 Å². The van der Waals surface area contributed by atoms with E-state index in [9.17, 15) is 4.79 Å². The Labute approximate surface area is 120 Å². The molecule has 0 fully saturated rings. The lowest BCUT2D eigenvalue weighted by Gasteiger charge is -2.11. The molecule has 2 N–H and O–H groups in total. The van der Waals surface area contributed by atoms with Gasteiger partial charge in [-0.3, -0.25) is 0 Å². The van der Waals surface area contributed by atoms with E-state index in [1.807, 2.05) is 13.8 Å². The summed E-state index contributed by atoms with van der Waals surface area (Å²) in [6.45, 7) is 4.41. The number of carbonyl (C=O) groups is 1. The van der Waals surface area contributed by atoms with Gasteiger partial charge in [0.1, 0.15) is 18.0 Å². The molecule has 0 saturated carbocycles. The van der Waals surface area contributed by atoms with Crippen LogP contribution in [-0.4, -0.2) is 30.8 Å². The zero-order valence-corrected chi connectivity index (χ0v) is 11.8. The highest BCUT2D eigenvalue weighted by Gasteiger charge is 2.11. The number of carboxylic acids is 1. The van der Waals surface area contributed by atoms with Crippen LogP contribution in [0.15, 0.2) is 18.6 Å². The van der Waals surface area contributed by atoms with E-state index in [2.05, 4.69) is 20.4 Å². The Morgan fingerprint density at radius 2 is 2.25 bits per heavy atom. The van der Waals surface area contributed by atoms with E-state index in [4.69, 9.17) is 16.7 Å². The Morgan fingerprint density at radius 3 is 2.85 bits per heavy atom. The maximum atomic E-state index is 10.8. The standard InChI is InChI=1S/C12H14ClN5O2/c1-7(2)18-10(16-6-17-18)5-15-11-9(13)3-8(4-14-11)12(19)20/h3-4,6-7H,5H2,1-2H3,(H,14,15)(H,19,20). The molecule has 0 aliphatic rings. The highest BCUT2D eigenvalue weighted by molar-refractivity contribution is 6.33. The molecule has 2 aromatic heterocycles. The number of hydrogen-bond donors (Lipinski definition) is 2. The van der Waals surface area contributed by atoms with Crippen molar-refractivity contribution in [2.45, 2.75) is 26.4 Å². The minimum absolute atomic E-state index is 0.0471. The molecule has 0 saturated heterocycles. The minimum atomic E-state index is -1.06. The number of anilines is 1. The summed E-state index contributed by atoms with van der Waals surface area (Å²) in [5.74, 6) is 0.0978. The van der Waals surface area contributed by atoms with E-state index in [1.54, 1.807) is 4.68 Å². The van der Waals surface area contributed by atoms with Gasteiger partial charge in [0, 0.05) is 12.2 Å². The number of nitrogens with zero attached hydrogens (tertiary/aromatic N) is 4. The Bertz CT molecular complexity index is 626. The predicted octanol–water partition coefficient (Wildman–Crippen LogP) is 2.22. The monoisotopic (exact) mass is 295 g/mol. The van der Waals surface area contributed by atoms with Gasteiger partial charge in [-0.05, 0) is 19.9 Å². The quantitative estimate of drug-likeness (QED) is 0.878. The molecule has 0 amide bonds. The zero-order chi connectivity index (χ0) is 14.7. The van der Waals surface area contributed by atoms with Crippen LogP contribution in [0.25, 0.3) is 0 Å². The largest absolute Gasteiger partial charge is 0.478 e. The summed E-state index contributed by atoms with van der Waals surface area (Å²) in [6.07, 6.45) is 2.74. The summed E-state index contributed by atoms with van der Waals surface area (Å²) in [4.78, 5) is 18.9. The fraction of sp³-hybridized carbons (Fsp3) is 0.333. The van der Waals surface area contributed by atoms with Crippen LogP contribution in [0.1, 0.15) is 36.1 Å². The van der Waals surface area contributed by atoms with Gasteiger partial charge < -0.3 is 10.4 Å². The molecule has 2 aromatic rings. The maximum Gasteiger partial charge on any atom is 0.337 e. The highest BCUT2D eigenvalue weighted by atomic mass is 35.5. The van der Waals surface area contributed by atoms with Crippen LogP contribution in [-0.2, 0) is 6.54 Å². The third-order valence-corrected chi connectivity index (χ3v) is 2.93. The maximum absolute atomic E-state index is 10.8. The van der Waals surface area contributed by atoms with E-state index < -0.39 is 5.97 Å². The summed E-state index contributed by atoms with van der Waals surface area (Å²) < 4.78 is 1.78. The molecular weight excluding hydrogens is 282 g/mol. The molecule has 0 radical (unpaired) electrons. The van der Waals surface area contributed by atoms with Gasteiger partial charge in [-0.15, -0.1) is 0 Å². The first-order valence-corrected chi connectivity index (χ1v) is 6.38. The van der Waals surface area contributed by atoms with Crippen molar-refractivity contribution in [1.82, 2.24) is 19.7 Å². The fourth-order valence-electron chi connectivity index (χ4n) is 1.68. The molecule has 0 spiro atoms. The number of pyridine rings is 1. The Morgan fingerprint density at radius 1 is 1.50 bits per heavy atom. The SMILES string of the molecule is CC(C)n1ncnc1CNc1ncc(C(=O)O)cc1Cl. The molecule has 2 heterocycles. The van der Waals surface area contributed by atoms with Crippen molar-refractivity contribution < 1.29 is 9.90 Å².